The Morgan fingerprint density at radius 3 is 2.60 bits per heavy atom. The Morgan fingerprint density at radius 2 is 2.00 bits per heavy atom. The summed E-state index contributed by atoms with van der Waals surface area (Å²) in [5.74, 6) is -1.90. The second-order valence-corrected chi connectivity index (χ2v) is 6.51. The molecule has 1 aliphatic heterocycles. The Balaban J connectivity index is 1.89. The van der Waals surface area contributed by atoms with E-state index in [1.54, 1.807) is 12.1 Å². The van der Waals surface area contributed by atoms with Crippen LogP contribution < -0.4 is 4.74 Å². The van der Waals surface area contributed by atoms with Gasteiger partial charge in [0.2, 0.25) is 0 Å². The maximum absolute atomic E-state index is 14.5. The van der Waals surface area contributed by atoms with Gasteiger partial charge in [-0.15, -0.1) is 0 Å². The quantitative estimate of drug-likeness (QED) is 0.902. The van der Waals surface area contributed by atoms with Gasteiger partial charge in [-0.25, -0.2) is 4.39 Å². The highest BCUT2D eigenvalue weighted by Gasteiger charge is 2.45. The van der Waals surface area contributed by atoms with Gasteiger partial charge in [-0.1, -0.05) is 36.4 Å². The predicted octanol–water partition coefficient (Wildman–Crippen LogP) is 3.52. The van der Waals surface area contributed by atoms with Crippen LogP contribution in [0.4, 0.5) is 4.39 Å². The number of ether oxygens (including phenoxy) is 1. The molecule has 1 unspecified atom stereocenters. The molecule has 132 valence electrons. The van der Waals surface area contributed by atoms with E-state index in [4.69, 9.17) is 4.74 Å². The molecule has 0 amide bonds. The van der Waals surface area contributed by atoms with Crippen LogP contribution in [0.1, 0.15) is 24.0 Å². The first-order valence-corrected chi connectivity index (χ1v) is 8.35. The lowest BCUT2D eigenvalue weighted by Crippen LogP contribution is -2.33. The minimum Gasteiger partial charge on any atom is -0.497 e. The number of nitrogens with zero attached hydrogens (tertiary/aromatic N) is 1. The van der Waals surface area contributed by atoms with Crippen LogP contribution in [0.5, 0.6) is 5.75 Å². The molecule has 5 heteroatoms. The van der Waals surface area contributed by atoms with Crippen molar-refractivity contribution in [2.45, 2.75) is 25.4 Å². The zero-order valence-electron chi connectivity index (χ0n) is 14.4. The summed E-state index contributed by atoms with van der Waals surface area (Å²) in [6.07, 6.45) is 0. The largest absolute Gasteiger partial charge is 0.497 e. The van der Waals surface area contributed by atoms with E-state index in [1.807, 2.05) is 37.3 Å². The Kier molecular flexibility index (Phi) is 5.04. The van der Waals surface area contributed by atoms with Crippen molar-refractivity contribution in [1.29, 1.82) is 0 Å². The number of aliphatic carboxylic acids is 1. The van der Waals surface area contributed by atoms with Crippen molar-refractivity contribution >= 4 is 5.97 Å². The molecular formula is C20H22FNO3. The SMILES string of the molecule is COc1ccc([C@@H]2CN(Cc3ccccc3)C(C)[C@H]2C(=O)O)c(F)c1. The molecule has 4 nitrogen and oxygen atoms in total. The van der Waals surface area contributed by atoms with Gasteiger partial charge in [0, 0.05) is 31.1 Å². The summed E-state index contributed by atoms with van der Waals surface area (Å²) in [6, 6.07) is 14.4. The molecule has 2 aromatic carbocycles. The molecule has 2 aromatic rings. The van der Waals surface area contributed by atoms with E-state index in [0.29, 0.717) is 24.4 Å². The molecule has 0 aliphatic carbocycles. The third-order valence-electron chi connectivity index (χ3n) is 5.08. The third-order valence-corrected chi connectivity index (χ3v) is 5.08. The molecule has 1 N–H and O–H groups in total. The van der Waals surface area contributed by atoms with Gasteiger partial charge in [0.25, 0.3) is 0 Å². The maximum Gasteiger partial charge on any atom is 0.308 e. The van der Waals surface area contributed by atoms with Gasteiger partial charge in [-0.3, -0.25) is 9.69 Å². The smallest absolute Gasteiger partial charge is 0.308 e. The van der Waals surface area contributed by atoms with Crippen molar-refractivity contribution in [3.05, 3.63) is 65.5 Å². The van der Waals surface area contributed by atoms with Crippen molar-refractivity contribution < 1.29 is 19.0 Å². The standard InChI is InChI=1S/C20H22FNO3/c1-13-19(20(23)24)17(16-9-8-15(25-2)10-18(16)21)12-22(13)11-14-6-4-3-5-7-14/h3-10,13,17,19H,11-12H2,1-2H3,(H,23,24)/t13?,17-,19+/m0/s1. The fourth-order valence-electron chi connectivity index (χ4n) is 3.73. The van der Waals surface area contributed by atoms with E-state index in [2.05, 4.69) is 4.90 Å². The van der Waals surface area contributed by atoms with Crippen molar-refractivity contribution in [3.63, 3.8) is 0 Å². The first-order chi connectivity index (χ1) is 12.0. The van der Waals surface area contributed by atoms with Crippen LogP contribution in [0.2, 0.25) is 0 Å². The number of halogens is 1. The summed E-state index contributed by atoms with van der Waals surface area (Å²) in [5.41, 5.74) is 1.56. The summed E-state index contributed by atoms with van der Waals surface area (Å²) in [4.78, 5) is 14.0. The second kappa shape index (κ2) is 7.23. The van der Waals surface area contributed by atoms with Gasteiger partial charge < -0.3 is 9.84 Å². The normalized spacial score (nSPS) is 23.6. The summed E-state index contributed by atoms with van der Waals surface area (Å²) >= 11 is 0. The van der Waals surface area contributed by atoms with E-state index in [-0.39, 0.29) is 12.0 Å². The Hall–Kier alpha value is -2.40. The van der Waals surface area contributed by atoms with E-state index in [1.165, 1.54) is 13.2 Å². The molecule has 25 heavy (non-hydrogen) atoms. The van der Waals surface area contributed by atoms with Gasteiger partial charge >= 0.3 is 5.97 Å². The van der Waals surface area contributed by atoms with Crippen LogP contribution >= 0.6 is 0 Å². The molecule has 1 heterocycles. The Labute approximate surface area is 146 Å². The molecule has 1 saturated heterocycles. The summed E-state index contributed by atoms with van der Waals surface area (Å²) < 4.78 is 19.6. The van der Waals surface area contributed by atoms with Crippen molar-refractivity contribution in [2.24, 2.45) is 5.92 Å². The lowest BCUT2D eigenvalue weighted by Gasteiger charge is -2.22. The fourth-order valence-corrected chi connectivity index (χ4v) is 3.73. The highest BCUT2D eigenvalue weighted by molar-refractivity contribution is 5.73. The number of carboxylic acids is 1. The van der Waals surface area contributed by atoms with E-state index in [0.717, 1.165) is 5.56 Å². The number of carboxylic acid groups (broad SMARTS) is 1. The van der Waals surface area contributed by atoms with Crippen LogP contribution in [0.3, 0.4) is 0 Å². The van der Waals surface area contributed by atoms with Crippen LogP contribution in [0.15, 0.2) is 48.5 Å². The zero-order valence-corrected chi connectivity index (χ0v) is 14.4. The fraction of sp³-hybridized carbons (Fsp3) is 0.350. The highest BCUT2D eigenvalue weighted by Crippen LogP contribution is 2.39. The lowest BCUT2D eigenvalue weighted by molar-refractivity contribution is -0.142. The number of hydrogen-bond acceptors (Lipinski definition) is 3. The summed E-state index contributed by atoms with van der Waals surface area (Å²) in [7, 11) is 1.48. The first-order valence-electron chi connectivity index (χ1n) is 8.35. The minimum atomic E-state index is -0.886. The highest BCUT2D eigenvalue weighted by atomic mass is 19.1. The van der Waals surface area contributed by atoms with E-state index in [9.17, 15) is 14.3 Å². The van der Waals surface area contributed by atoms with Gasteiger partial charge in [-0.05, 0) is 24.1 Å². The Morgan fingerprint density at radius 1 is 1.28 bits per heavy atom. The molecule has 0 saturated carbocycles. The van der Waals surface area contributed by atoms with Gasteiger partial charge in [-0.2, -0.15) is 0 Å². The molecule has 1 fully saturated rings. The molecular weight excluding hydrogens is 321 g/mol. The molecule has 0 radical (unpaired) electrons. The van der Waals surface area contributed by atoms with E-state index >= 15 is 0 Å². The van der Waals surface area contributed by atoms with Crippen LogP contribution in [-0.2, 0) is 11.3 Å². The molecule has 0 aromatic heterocycles. The van der Waals surface area contributed by atoms with Gasteiger partial charge in [0.05, 0.1) is 13.0 Å². The second-order valence-electron chi connectivity index (χ2n) is 6.51. The van der Waals surface area contributed by atoms with Gasteiger partial charge in [0.15, 0.2) is 0 Å². The Bertz CT molecular complexity index is 750. The number of benzene rings is 2. The van der Waals surface area contributed by atoms with Crippen molar-refractivity contribution in [1.82, 2.24) is 4.90 Å². The monoisotopic (exact) mass is 343 g/mol. The number of likely N-dealkylation sites (tertiary alicyclic amines) is 1. The number of carbonyl (C=O) groups is 1. The number of hydrogen-bond donors (Lipinski definition) is 1. The van der Waals surface area contributed by atoms with Crippen LogP contribution in [-0.4, -0.2) is 35.7 Å². The molecule has 1 aliphatic rings. The average molecular weight is 343 g/mol. The topological polar surface area (TPSA) is 49.8 Å². The van der Waals surface area contributed by atoms with Gasteiger partial charge in [0.1, 0.15) is 11.6 Å². The van der Waals surface area contributed by atoms with Crippen LogP contribution in [0.25, 0.3) is 0 Å². The molecule has 0 spiro atoms. The summed E-state index contributed by atoms with van der Waals surface area (Å²) in [5, 5.41) is 9.72. The molecule has 3 rings (SSSR count). The minimum absolute atomic E-state index is 0.177. The van der Waals surface area contributed by atoms with E-state index < -0.39 is 17.7 Å². The number of rotatable bonds is 5. The predicted molar refractivity (Wildman–Crippen MR) is 93.1 cm³/mol. The van der Waals surface area contributed by atoms with Crippen molar-refractivity contribution in [2.75, 3.05) is 13.7 Å². The van der Waals surface area contributed by atoms with Crippen LogP contribution in [0, 0.1) is 11.7 Å². The number of methoxy groups -OCH3 is 1. The third kappa shape index (κ3) is 3.51. The average Bonchev–Trinajstić information content (AvgIpc) is 2.92. The maximum atomic E-state index is 14.5. The van der Waals surface area contributed by atoms with Crippen molar-refractivity contribution in [3.8, 4) is 5.75 Å². The molecule has 0 bridgehead atoms. The summed E-state index contributed by atoms with van der Waals surface area (Å²) in [6.45, 7) is 3.07. The zero-order chi connectivity index (χ0) is 18.0. The molecule has 3 atom stereocenters. The lowest BCUT2D eigenvalue weighted by atomic mass is 9.85. The first kappa shape index (κ1) is 17.4.